The van der Waals surface area contributed by atoms with Crippen LogP contribution in [0.5, 0.6) is 0 Å². The zero-order valence-electron chi connectivity index (χ0n) is 10.8. The van der Waals surface area contributed by atoms with Gasteiger partial charge in [0.25, 0.3) is 0 Å². The Morgan fingerprint density at radius 1 is 1.13 bits per heavy atom. The molecule has 2 atom stereocenters. The molecule has 2 unspecified atom stereocenters. The molecule has 0 bridgehead atoms. The Morgan fingerprint density at radius 3 is 2.13 bits per heavy atom. The van der Waals surface area contributed by atoms with Crippen molar-refractivity contribution in [1.82, 2.24) is 0 Å². The van der Waals surface area contributed by atoms with Crippen molar-refractivity contribution in [3.63, 3.8) is 0 Å². The van der Waals surface area contributed by atoms with E-state index in [9.17, 15) is 0 Å². The summed E-state index contributed by atoms with van der Waals surface area (Å²) in [6.45, 7) is 11.6. The van der Waals surface area contributed by atoms with E-state index in [0.717, 1.165) is 0 Å². The van der Waals surface area contributed by atoms with E-state index in [-0.39, 0.29) is 0 Å². The fourth-order valence-electron chi connectivity index (χ4n) is 1.74. The molecule has 1 rings (SSSR count). The zero-order chi connectivity index (χ0) is 11.7. The van der Waals surface area contributed by atoms with E-state index in [2.05, 4.69) is 49.8 Å². The van der Waals surface area contributed by atoms with E-state index in [4.69, 9.17) is 4.43 Å². The molecule has 90 valence electrons. The normalized spacial score (nSPS) is 29.2. The van der Waals surface area contributed by atoms with Gasteiger partial charge in [0.1, 0.15) is 0 Å². The first-order valence-corrected chi connectivity index (χ1v) is 9.88. The van der Waals surface area contributed by atoms with Gasteiger partial charge < -0.3 is 4.43 Å². The van der Waals surface area contributed by atoms with Crippen LogP contribution in [0.1, 0.15) is 46.5 Å². The minimum atomic E-state index is -1.56. The van der Waals surface area contributed by atoms with Crippen molar-refractivity contribution >= 4 is 24.2 Å². The Bertz CT molecular complexity index is 210. The first-order valence-electron chi connectivity index (χ1n) is 6.06. The summed E-state index contributed by atoms with van der Waals surface area (Å²) in [6.07, 6.45) is 5.66. The smallest absolute Gasteiger partial charge is 0.192 e. The lowest BCUT2D eigenvalue weighted by molar-refractivity contribution is 0.146. The van der Waals surface area contributed by atoms with E-state index in [0.29, 0.717) is 16.0 Å². The fraction of sp³-hybridized carbons (Fsp3) is 1.00. The maximum atomic E-state index is 6.45. The Morgan fingerprint density at radius 2 is 1.67 bits per heavy atom. The van der Waals surface area contributed by atoms with E-state index in [1.807, 2.05) is 0 Å². The van der Waals surface area contributed by atoms with Crippen molar-refractivity contribution in [2.75, 3.05) is 0 Å². The zero-order valence-corrected chi connectivity index (χ0v) is 13.4. The molecule has 1 aliphatic carbocycles. The second-order valence-corrected chi connectivity index (χ2v) is 12.1. The van der Waals surface area contributed by atoms with Crippen molar-refractivity contribution in [1.29, 1.82) is 0 Å². The molecule has 15 heavy (non-hydrogen) atoms. The van der Waals surface area contributed by atoms with Crippen LogP contribution in [0.15, 0.2) is 0 Å². The van der Waals surface area contributed by atoms with Gasteiger partial charge in [-0.25, -0.2) is 0 Å². The molecule has 1 nitrogen and oxygen atoms in total. The van der Waals surface area contributed by atoms with Crippen LogP contribution in [0.4, 0.5) is 0 Å². The third kappa shape index (κ3) is 3.57. The van der Waals surface area contributed by atoms with E-state index in [1.54, 1.807) is 0 Å². The summed E-state index contributed by atoms with van der Waals surface area (Å²) >= 11 is 3.77. The molecule has 1 saturated carbocycles. The average molecular weight is 293 g/mol. The highest BCUT2D eigenvalue weighted by Gasteiger charge is 2.40. The summed E-state index contributed by atoms with van der Waals surface area (Å²) in [5, 5.41) is 0.331. The van der Waals surface area contributed by atoms with Crippen molar-refractivity contribution in [2.24, 2.45) is 0 Å². The van der Waals surface area contributed by atoms with Crippen molar-refractivity contribution in [3.05, 3.63) is 0 Å². The van der Waals surface area contributed by atoms with Crippen LogP contribution in [0.25, 0.3) is 0 Å². The Labute approximate surface area is 104 Å². The van der Waals surface area contributed by atoms with Gasteiger partial charge in [0, 0.05) is 4.83 Å². The summed E-state index contributed by atoms with van der Waals surface area (Å²) in [4.78, 5) is 0.584. The van der Waals surface area contributed by atoms with Crippen molar-refractivity contribution < 1.29 is 4.43 Å². The van der Waals surface area contributed by atoms with Gasteiger partial charge in [0.15, 0.2) is 8.32 Å². The van der Waals surface area contributed by atoms with Crippen LogP contribution in [-0.4, -0.2) is 19.2 Å². The SMILES string of the molecule is CC(C)(C)[Si](C)(C)OC1CCCCC1Br. The standard InChI is InChI=1S/C12H25BrOSi/c1-12(2,3)15(4,5)14-11-9-7-6-8-10(11)13/h10-11H,6-9H2,1-5H3. The lowest BCUT2D eigenvalue weighted by Crippen LogP contribution is -2.46. The van der Waals surface area contributed by atoms with Gasteiger partial charge >= 0.3 is 0 Å². The second-order valence-electron chi connectivity index (χ2n) is 6.22. The summed E-state index contributed by atoms with van der Waals surface area (Å²) in [5.41, 5.74) is 0. The number of hydrogen-bond acceptors (Lipinski definition) is 1. The number of hydrogen-bond donors (Lipinski definition) is 0. The van der Waals surface area contributed by atoms with Crippen LogP contribution in [0, 0.1) is 0 Å². The highest BCUT2D eigenvalue weighted by atomic mass is 79.9. The van der Waals surface area contributed by atoms with Crippen LogP contribution in [0.3, 0.4) is 0 Å². The van der Waals surface area contributed by atoms with E-state index in [1.165, 1.54) is 25.7 Å². The van der Waals surface area contributed by atoms with Gasteiger partial charge in [0.2, 0.25) is 0 Å². The molecule has 3 heteroatoms. The highest BCUT2D eigenvalue weighted by Crippen LogP contribution is 2.40. The van der Waals surface area contributed by atoms with E-state index < -0.39 is 8.32 Å². The van der Waals surface area contributed by atoms with E-state index >= 15 is 0 Å². The van der Waals surface area contributed by atoms with Gasteiger partial charge in [0.05, 0.1) is 6.10 Å². The van der Waals surface area contributed by atoms with Crippen molar-refractivity contribution in [3.8, 4) is 0 Å². The maximum absolute atomic E-state index is 6.45. The Kier molecular flexibility index (Phi) is 4.47. The second kappa shape index (κ2) is 4.88. The first-order chi connectivity index (χ1) is 6.74. The van der Waals surface area contributed by atoms with Gasteiger partial charge in [-0.15, -0.1) is 0 Å². The number of alkyl halides is 1. The minimum absolute atomic E-state index is 0.331. The molecule has 0 amide bonds. The topological polar surface area (TPSA) is 9.23 Å². The Hall–Kier alpha value is 0.657. The monoisotopic (exact) mass is 292 g/mol. The van der Waals surface area contributed by atoms with Gasteiger partial charge in [-0.1, -0.05) is 49.5 Å². The first kappa shape index (κ1) is 13.7. The number of halogens is 1. The van der Waals surface area contributed by atoms with Crippen LogP contribution < -0.4 is 0 Å². The molecule has 0 saturated heterocycles. The molecule has 0 radical (unpaired) electrons. The quantitative estimate of drug-likeness (QED) is 0.529. The molecule has 0 aromatic carbocycles. The summed E-state index contributed by atoms with van der Waals surface area (Å²) in [6, 6.07) is 0. The summed E-state index contributed by atoms with van der Waals surface area (Å²) in [7, 11) is -1.56. The molecule has 1 fully saturated rings. The highest BCUT2D eigenvalue weighted by molar-refractivity contribution is 9.09. The molecule has 0 heterocycles. The molecular formula is C12H25BrOSi. The molecule has 0 N–H and O–H groups in total. The minimum Gasteiger partial charge on any atom is -0.413 e. The lowest BCUT2D eigenvalue weighted by Gasteiger charge is -2.41. The van der Waals surface area contributed by atoms with Crippen LogP contribution in [-0.2, 0) is 4.43 Å². The molecular weight excluding hydrogens is 268 g/mol. The van der Waals surface area contributed by atoms with Gasteiger partial charge in [-0.2, -0.15) is 0 Å². The molecule has 0 spiro atoms. The third-order valence-corrected chi connectivity index (χ3v) is 9.43. The Balaban J connectivity index is 2.59. The molecule has 0 aromatic heterocycles. The average Bonchev–Trinajstić information content (AvgIpc) is 2.06. The van der Waals surface area contributed by atoms with Gasteiger partial charge in [-0.3, -0.25) is 0 Å². The lowest BCUT2D eigenvalue weighted by atomic mass is 9.98. The maximum Gasteiger partial charge on any atom is 0.192 e. The molecule has 0 aliphatic heterocycles. The summed E-state index contributed by atoms with van der Waals surface area (Å²) in [5.74, 6) is 0. The largest absolute Gasteiger partial charge is 0.413 e. The third-order valence-electron chi connectivity index (χ3n) is 3.87. The summed E-state index contributed by atoms with van der Waals surface area (Å²) < 4.78 is 6.45. The van der Waals surface area contributed by atoms with Gasteiger partial charge in [-0.05, 0) is 31.0 Å². The van der Waals surface area contributed by atoms with Crippen LogP contribution >= 0.6 is 15.9 Å². The molecule has 1 aliphatic rings. The van der Waals surface area contributed by atoms with Crippen LogP contribution in [0.2, 0.25) is 18.1 Å². The number of rotatable bonds is 2. The molecule has 0 aromatic rings. The predicted molar refractivity (Wildman–Crippen MR) is 73.3 cm³/mol. The van der Waals surface area contributed by atoms with Crippen molar-refractivity contribution in [2.45, 2.75) is 75.5 Å². The fourth-order valence-corrected chi connectivity index (χ4v) is 4.03. The predicted octanol–water partition coefficient (Wildman–Crippen LogP) is 4.71.